The molecule has 0 aliphatic rings. The van der Waals surface area contributed by atoms with Crippen molar-refractivity contribution in [3.63, 3.8) is 0 Å². The molecule has 0 fully saturated rings. The number of benzene rings is 1. The van der Waals surface area contributed by atoms with Gasteiger partial charge in [-0.2, -0.15) is 0 Å². The van der Waals surface area contributed by atoms with Gasteiger partial charge in [-0.15, -0.1) is 0 Å². The monoisotopic (exact) mass is 318 g/mol. The zero-order chi connectivity index (χ0) is 14.0. The number of hydrogen-bond acceptors (Lipinski definition) is 2. The van der Waals surface area contributed by atoms with Crippen LogP contribution in [-0.2, 0) is 6.54 Å². The second kappa shape index (κ2) is 5.74. The number of rotatable bonds is 3. The molecule has 2 nitrogen and oxygen atoms in total. The van der Waals surface area contributed by atoms with Crippen molar-refractivity contribution in [1.29, 1.82) is 0 Å². The van der Waals surface area contributed by atoms with E-state index in [1.165, 1.54) is 22.3 Å². The first-order chi connectivity index (χ1) is 8.97. The first kappa shape index (κ1) is 14.1. The summed E-state index contributed by atoms with van der Waals surface area (Å²) in [6.45, 7) is 7.26. The molecule has 100 valence electrons. The molecule has 0 radical (unpaired) electrons. The zero-order valence-corrected chi connectivity index (χ0v) is 13.5. The van der Waals surface area contributed by atoms with Crippen molar-refractivity contribution in [2.75, 3.05) is 11.9 Å². The molecule has 0 spiro atoms. The molecule has 1 aromatic carbocycles. The minimum absolute atomic E-state index is 0.878. The average Bonchev–Trinajstić information content (AvgIpc) is 2.33. The van der Waals surface area contributed by atoms with Gasteiger partial charge < -0.3 is 4.90 Å². The second-order valence-electron chi connectivity index (χ2n) is 5.08. The Balaban J connectivity index is 2.25. The Labute approximate surface area is 123 Å². The second-order valence-corrected chi connectivity index (χ2v) is 6.00. The SMILES string of the molecule is Cc1ccc(C)c(CN(C)c2ncc(Br)cc2C)c1. The van der Waals surface area contributed by atoms with E-state index in [0.29, 0.717) is 0 Å². The fourth-order valence-electron chi connectivity index (χ4n) is 2.23. The number of anilines is 1. The van der Waals surface area contributed by atoms with Crippen LogP contribution >= 0.6 is 15.9 Å². The number of nitrogens with zero attached hydrogens (tertiary/aromatic N) is 2. The largest absolute Gasteiger partial charge is 0.355 e. The number of aryl methyl sites for hydroxylation is 3. The lowest BCUT2D eigenvalue weighted by Gasteiger charge is -2.21. The minimum Gasteiger partial charge on any atom is -0.355 e. The number of pyridine rings is 1. The van der Waals surface area contributed by atoms with Gasteiger partial charge >= 0.3 is 0 Å². The van der Waals surface area contributed by atoms with E-state index in [9.17, 15) is 0 Å². The summed E-state index contributed by atoms with van der Waals surface area (Å²) in [6, 6.07) is 8.68. The van der Waals surface area contributed by atoms with Crippen molar-refractivity contribution in [3.8, 4) is 0 Å². The van der Waals surface area contributed by atoms with Crippen molar-refractivity contribution < 1.29 is 0 Å². The van der Waals surface area contributed by atoms with E-state index in [-0.39, 0.29) is 0 Å². The van der Waals surface area contributed by atoms with Gasteiger partial charge in [-0.3, -0.25) is 0 Å². The molecule has 0 N–H and O–H groups in total. The van der Waals surface area contributed by atoms with Gasteiger partial charge in [0.25, 0.3) is 0 Å². The van der Waals surface area contributed by atoms with Gasteiger partial charge in [0.2, 0.25) is 0 Å². The lowest BCUT2D eigenvalue weighted by molar-refractivity contribution is 0.882. The van der Waals surface area contributed by atoms with Crippen molar-refractivity contribution in [2.24, 2.45) is 0 Å². The molecule has 0 atom stereocenters. The predicted molar refractivity (Wildman–Crippen MR) is 84.7 cm³/mol. The Kier molecular flexibility index (Phi) is 4.25. The van der Waals surface area contributed by atoms with Gasteiger partial charge in [0, 0.05) is 24.3 Å². The zero-order valence-electron chi connectivity index (χ0n) is 11.9. The van der Waals surface area contributed by atoms with E-state index in [1.54, 1.807) is 0 Å². The summed E-state index contributed by atoms with van der Waals surface area (Å²) in [5, 5.41) is 0. The summed E-state index contributed by atoms with van der Waals surface area (Å²) in [5.74, 6) is 1.03. The van der Waals surface area contributed by atoms with Crippen LogP contribution in [0.3, 0.4) is 0 Å². The molecule has 19 heavy (non-hydrogen) atoms. The van der Waals surface area contributed by atoms with Gasteiger partial charge in [-0.05, 0) is 59.5 Å². The first-order valence-corrected chi connectivity index (χ1v) is 7.16. The molecule has 0 saturated heterocycles. The Bertz CT molecular complexity index is 593. The maximum Gasteiger partial charge on any atom is 0.131 e. The molecule has 0 unspecified atom stereocenters. The third-order valence-corrected chi connectivity index (χ3v) is 3.72. The maximum absolute atomic E-state index is 4.51. The van der Waals surface area contributed by atoms with Gasteiger partial charge in [-0.25, -0.2) is 4.98 Å². The van der Waals surface area contributed by atoms with E-state index in [0.717, 1.165) is 16.8 Å². The lowest BCUT2D eigenvalue weighted by atomic mass is 10.1. The summed E-state index contributed by atoms with van der Waals surface area (Å²) in [4.78, 5) is 6.70. The highest BCUT2D eigenvalue weighted by molar-refractivity contribution is 9.10. The van der Waals surface area contributed by atoms with Gasteiger partial charge in [0.1, 0.15) is 5.82 Å². The molecule has 3 heteroatoms. The van der Waals surface area contributed by atoms with Gasteiger partial charge in [0.15, 0.2) is 0 Å². The molecule has 1 aromatic heterocycles. The van der Waals surface area contributed by atoms with Gasteiger partial charge in [0.05, 0.1) is 0 Å². The van der Waals surface area contributed by atoms with Crippen LogP contribution in [0, 0.1) is 20.8 Å². The van der Waals surface area contributed by atoms with E-state index >= 15 is 0 Å². The maximum atomic E-state index is 4.51. The molecule has 0 bridgehead atoms. The Morgan fingerprint density at radius 2 is 1.84 bits per heavy atom. The van der Waals surface area contributed by atoms with Gasteiger partial charge in [-0.1, -0.05) is 23.8 Å². The Hall–Kier alpha value is -1.35. The highest BCUT2D eigenvalue weighted by atomic mass is 79.9. The molecule has 0 amide bonds. The van der Waals surface area contributed by atoms with E-state index in [4.69, 9.17) is 0 Å². The van der Waals surface area contributed by atoms with Crippen LogP contribution in [-0.4, -0.2) is 12.0 Å². The quantitative estimate of drug-likeness (QED) is 0.833. The summed E-state index contributed by atoms with van der Waals surface area (Å²) in [5.41, 5.74) is 5.16. The highest BCUT2D eigenvalue weighted by Crippen LogP contribution is 2.22. The van der Waals surface area contributed by atoms with E-state index in [1.807, 2.05) is 6.20 Å². The van der Waals surface area contributed by atoms with Crippen molar-refractivity contribution in [3.05, 3.63) is 57.2 Å². The molecule has 2 aromatic rings. The third kappa shape index (κ3) is 3.35. The van der Waals surface area contributed by atoms with E-state index in [2.05, 4.69) is 77.9 Å². The Morgan fingerprint density at radius 3 is 2.53 bits per heavy atom. The third-order valence-electron chi connectivity index (χ3n) is 3.29. The smallest absolute Gasteiger partial charge is 0.131 e. The average molecular weight is 319 g/mol. The van der Waals surface area contributed by atoms with Crippen LogP contribution in [0.25, 0.3) is 0 Å². The fourth-order valence-corrected chi connectivity index (χ4v) is 2.68. The van der Waals surface area contributed by atoms with Crippen LogP contribution in [0.2, 0.25) is 0 Å². The summed E-state index contributed by atoms with van der Waals surface area (Å²) in [6.07, 6.45) is 1.85. The lowest BCUT2D eigenvalue weighted by Crippen LogP contribution is -2.19. The highest BCUT2D eigenvalue weighted by Gasteiger charge is 2.09. The predicted octanol–water partition coefficient (Wildman–Crippen LogP) is 4.41. The molecule has 0 aliphatic heterocycles. The minimum atomic E-state index is 0.878. The van der Waals surface area contributed by atoms with Crippen LogP contribution in [0.1, 0.15) is 22.3 Å². The van der Waals surface area contributed by atoms with Crippen LogP contribution in [0.4, 0.5) is 5.82 Å². The molecule has 0 saturated carbocycles. The first-order valence-electron chi connectivity index (χ1n) is 6.37. The van der Waals surface area contributed by atoms with Crippen molar-refractivity contribution in [1.82, 2.24) is 4.98 Å². The molecular weight excluding hydrogens is 300 g/mol. The standard InChI is InChI=1S/C16H19BrN2/c1-11-5-6-12(2)14(7-11)10-19(4)16-13(3)8-15(17)9-18-16/h5-9H,10H2,1-4H3. The summed E-state index contributed by atoms with van der Waals surface area (Å²) < 4.78 is 1.02. The van der Waals surface area contributed by atoms with Crippen LogP contribution in [0.15, 0.2) is 34.9 Å². The number of halogens is 1. The van der Waals surface area contributed by atoms with Crippen LogP contribution in [0.5, 0.6) is 0 Å². The summed E-state index contributed by atoms with van der Waals surface area (Å²) in [7, 11) is 2.09. The normalized spacial score (nSPS) is 10.6. The van der Waals surface area contributed by atoms with Crippen molar-refractivity contribution in [2.45, 2.75) is 27.3 Å². The fraction of sp³-hybridized carbons (Fsp3) is 0.312. The number of hydrogen-bond donors (Lipinski definition) is 0. The summed E-state index contributed by atoms with van der Waals surface area (Å²) >= 11 is 3.45. The molecular formula is C16H19BrN2. The van der Waals surface area contributed by atoms with E-state index < -0.39 is 0 Å². The van der Waals surface area contributed by atoms with Crippen molar-refractivity contribution >= 4 is 21.7 Å². The number of aromatic nitrogens is 1. The molecule has 0 aliphatic carbocycles. The Morgan fingerprint density at radius 1 is 1.11 bits per heavy atom. The molecule has 2 rings (SSSR count). The molecule has 1 heterocycles. The topological polar surface area (TPSA) is 16.1 Å². The van der Waals surface area contributed by atoms with Crippen LogP contribution < -0.4 is 4.90 Å².